The van der Waals surface area contributed by atoms with Crippen molar-refractivity contribution in [1.82, 2.24) is 4.90 Å². The summed E-state index contributed by atoms with van der Waals surface area (Å²) in [5.41, 5.74) is 5.70. The first kappa shape index (κ1) is 18.8. The predicted molar refractivity (Wildman–Crippen MR) is 95.1 cm³/mol. The van der Waals surface area contributed by atoms with Crippen LogP contribution in [0.3, 0.4) is 0 Å². The maximum Gasteiger partial charge on any atom is 0.238 e. The summed E-state index contributed by atoms with van der Waals surface area (Å²) in [5, 5.41) is 0. The van der Waals surface area contributed by atoms with Crippen molar-refractivity contribution in [3.63, 3.8) is 0 Å². The lowest BCUT2D eigenvalue weighted by Crippen LogP contribution is -2.42. The molecular formula is C15H22BrClN2OS. The Labute approximate surface area is 145 Å². The molecule has 3 nitrogen and oxygen atoms in total. The molecule has 1 aliphatic heterocycles. The Morgan fingerprint density at radius 3 is 2.57 bits per heavy atom. The summed E-state index contributed by atoms with van der Waals surface area (Å²) in [4.78, 5) is 15.7. The molecule has 1 aromatic carbocycles. The van der Waals surface area contributed by atoms with Gasteiger partial charge in [-0.15, -0.1) is 24.2 Å². The molecule has 0 bridgehead atoms. The van der Waals surface area contributed by atoms with E-state index in [9.17, 15) is 4.79 Å². The highest BCUT2D eigenvalue weighted by Crippen LogP contribution is 2.35. The molecule has 1 unspecified atom stereocenters. The highest BCUT2D eigenvalue weighted by Gasteiger charge is 2.36. The summed E-state index contributed by atoms with van der Waals surface area (Å²) in [6.07, 6.45) is 1.03. The third-order valence-electron chi connectivity index (χ3n) is 3.61. The van der Waals surface area contributed by atoms with Gasteiger partial charge in [0.25, 0.3) is 0 Å². The van der Waals surface area contributed by atoms with Crippen LogP contribution in [-0.2, 0) is 4.79 Å². The molecule has 0 saturated carbocycles. The second-order valence-electron chi connectivity index (χ2n) is 5.71. The van der Waals surface area contributed by atoms with Crippen LogP contribution >= 0.6 is 40.1 Å². The maximum absolute atomic E-state index is 12.7. The normalized spacial score (nSPS) is 18.5. The van der Waals surface area contributed by atoms with Crippen LogP contribution < -0.4 is 5.73 Å². The fourth-order valence-corrected chi connectivity index (χ4v) is 3.77. The maximum atomic E-state index is 12.7. The number of carbonyl (C=O) groups excluding carboxylic acids is 1. The number of rotatable bonds is 4. The van der Waals surface area contributed by atoms with E-state index in [1.807, 2.05) is 43.0 Å². The zero-order valence-corrected chi connectivity index (χ0v) is 15.6. The Morgan fingerprint density at radius 1 is 1.43 bits per heavy atom. The molecule has 0 radical (unpaired) electrons. The number of thioether (sulfide) groups is 1. The van der Waals surface area contributed by atoms with Gasteiger partial charge in [0.05, 0.1) is 4.75 Å². The first-order chi connectivity index (χ1) is 9.42. The number of nitrogens with zero attached hydrogens (tertiary/aromatic N) is 1. The minimum Gasteiger partial charge on any atom is -0.341 e. The van der Waals surface area contributed by atoms with Crippen molar-refractivity contribution in [3.8, 4) is 0 Å². The Kier molecular flexibility index (Phi) is 7.04. The average Bonchev–Trinajstić information content (AvgIpc) is 2.89. The molecule has 0 aliphatic carbocycles. The van der Waals surface area contributed by atoms with Gasteiger partial charge in [-0.2, -0.15) is 0 Å². The van der Waals surface area contributed by atoms with Gasteiger partial charge in [-0.1, -0.05) is 15.9 Å². The molecule has 0 spiro atoms. The number of halogens is 2. The van der Waals surface area contributed by atoms with Gasteiger partial charge < -0.3 is 10.6 Å². The summed E-state index contributed by atoms with van der Waals surface area (Å²) in [7, 11) is 0. The van der Waals surface area contributed by atoms with Crippen molar-refractivity contribution in [2.45, 2.75) is 29.9 Å². The standard InChI is InChI=1S/C15H21BrN2OS.ClH/c1-15(2,20-13-5-3-12(16)4-6-13)14(19)18-8-7-11(9-17)10-18;/h3-6,11H,7-10,17H2,1-2H3;1H. The first-order valence-corrected chi connectivity index (χ1v) is 8.47. The molecule has 2 rings (SSSR count). The summed E-state index contributed by atoms with van der Waals surface area (Å²) < 4.78 is 0.605. The smallest absolute Gasteiger partial charge is 0.238 e. The topological polar surface area (TPSA) is 46.3 Å². The van der Waals surface area contributed by atoms with E-state index in [0.717, 1.165) is 28.9 Å². The van der Waals surface area contributed by atoms with Crippen LogP contribution in [0.2, 0.25) is 0 Å². The third kappa shape index (κ3) is 4.88. The van der Waals surface area contributed by atoms with E-state index < -0.39 is 4.75 Å². The third-order valence-corrected chi connectivity index (χ3v) is 5.33. The van der Waals surface area contributed by atoms with Crippen molar-refractivity contribution in [1.29, 1.82) is 0 Å². The molecule has 118 valence electrons. The molecule has 6 heteroatoms. The van der Waals surface area contributed by atoms with Crippen LogP contribution in [0.25, 0.3) is 0 Å². The largest absolute Gasteiger partial charge is 0.341 e. The molecule has 1 aliphatic rings. The van der Waals surface area contributed by atoms with E-state index in [1.165, 1.54) is 0 Å². The van der Waals surface area contributed by atoms with E-state index in [1.54, 1.807) is 11.8 Å². The minimum absolute atomic E-state index is 0. The van der Waals surface area contributed by atoms with Gasteiger partial charge in [-0.25, -0.2) is 0 Å². The van der Waals surface area contributed by atoms with Gasteiger partial charge in [0.2, 0.25) is 5.91 Å². The number of hydrogen-bond donors (Lipinski definition) is 1. The highest BCUT2D eigenvalue weighted by molar-refractivity contribution is 9.10. The van der Waals surface area contributed by atoms with Crippen LogP contribution in [0.15, 0.2) is 33.6 Å². The summed E-state index contributed by atoms with van der Waals surface area (Å²) in [6.45, 7) is 6.31. The molecule has 1 atom stereocenters. The van der Waals surface area contributed by atoms with Crippen molar-refractivity contribution < 1.29 is 4.79 Å². The average molecular weight is 394 g/mol. The Bertz CT molecular complexity index is 481. The lowest BCUT2D eigenvalue weighted by atomic mass is 10.1. The monoisotopic (exact) mass is 392 g/mol. The highest BCUT2D eigenvalue weighted by atomic mass is 79.9. The van der Waals surface area contributed by atoms with Gasteiger partial charge in [-0.05, 0) is 57.0 Å². The Balaban J connectivity index is 0.00000220. The first-order valence-electron chi connectivity index (χ1n) is 6.86. The molecule has 1 saturated heterocycles. The molecule has 0 aromatic heterocycles. The zero-order chi connectivity index (χ0) is 14.8. The quantitative estimate of drug-likeness (QED) is 0.796. The van der Waals surface area contributed by atoms with E-state index in [4.69, 9.17) is 5.73 Å². The number of carbonyl (C=O) groups is 1. The molecule has 21 heavy (non-hydrogen) atoms. The van der Waals surface area contributed by atoms with E-state index >= 15 is 0 Å². The van der Waals surface area contributed by atoms with Gasteiger partial charge in [0.15, 0.2) is 0 Å². The van der Waals surface area contributed by atoms with Crippen molar-refractivity contribution >= 4 is 46.0 Å². The number of likely N-dealkylation sites (tertiary alicyclic amines) is 1. The van der Waals surface area contributed by atoms with Crippen LogP contribution in [0, 0.1) is 5.92 Å². The van der Waals surface area contributed by atoms with E-state index in [2.05, 4.69) is 15.9 Å². The molecule has 2 N–H and O–H groups in total. The van der Waals surface area contributed by atoms with Crippen molar-refractivity contribution in [3.05, 3.63) is 28.7 Å². The molecule has 1 heterocycles. The second kappa shape index (κ2) is 7.86. The van der Waals surface area contributed by atoms with E-state index in [0.29, 0.717) is 12.5 Å². The second-order valence-corrected chi connectivity index (χ2v) is 8.32. The zero-order valence-electron chi connectivity index (χ0n) is 12.3. The van der Waals surface area contributed by atoms with Crippen LogP contribution in [-0.4, -0.2) is 35.2 Å². The molecular weight excluding hydrogens is 372 g/mol. The summed E-state index contributed by atoms with van der Waals surface area (Å²) in [5.74, 6) is 0.675. The minimum atomic E-state index is -0.447. The molecule has 1 aromatic rings. The van der Waals surface area contributed by atoms with Crippen molar-refractivity contribution in [2.75, 3.05) is 19.6 Å². The summed E-state index contributed by atoms with van der Waals surface area (Å²) >= 11 is 5.04. The van der Waals surface area contributed by atoms with Gasteiger partial charge >= 0.3 is 0 Å². The van der Waals surface area contributed by atoms with Crippen LogP contribution in [0.1, 0.15) is 20.3 Å². The fourth-order valence-electron chi connectivity index (χ4n) is 2.43. The number of hydrogen-bond acceptors (Lipinski definition) is 3. The summed E-state index contributed by atoms with van der Waals surface area (Å²) in [6, 6.07) is 8.08. The van der Waals surface area contributed by atoms with Crippen molar-refractivity contribution in [2.24, 2.45) is 11.7 Å². The Hall–Kier alpha value is -0.230. The number of nitrogens with two attached hydrogens (primary N) is 1. The number of benzene rings is 1. The van der Waals surface area contributed by atoms with Gasteiger partial charge in [0, 0.05) is 22.5 Å². The molecule has 1 fully saturated rings. The molecule has 1 amide bonds. The fraction of sp³-hybridized carbons (Fsp3) is 0.533. The van der Waals surface area contributed by atoms with Crippen LogP contribution in [0.5, 0.6) is 0 Å². The van der Waals surface area contributed by atoms with E-state index in [-0.39, 0.29) is 18.3 Å². The SMILES string of the molecule is CC(C)(Sc1ccc(Br)cc1)C(=O)N1CCC(CN)C1.Cl. The Morgan fingerprint density at radius 2 is 2.05 bits per heavy atom. The lowest BCUT2D eigenvalue weighted by molar-refractivity contribution is -0.132. The van der Waals surface area contributed by atoms with Gasteiger partial charge in [-0.3, -0.25) is 4.79 Å². The van der Waals surface area contributed by atoms with Gasteiger partial charge in [0.1, 0.15) is 0 Å². The predicted octanol–water partition coefficient (Wildman–Crippen LogP) is 3.55. The lowest BCUT2D eigenvalue weighted by Gasteiger charge is -2.29. The van der Waals surface area contributed by atoms with Crippen LogP contribution in [0.4, 0.5) is 0 Å². The number of amides is 1.